The molecule has 41 heavy (non-hydrogen) atoms. The molecule has 0 unspecified atom stereocenters. The number of alkyl halides is 2. The maximum Gasteiger partial charge on any atom is 0.387 e. The number of rotatable bonds is 9. The summed E-state index contributed by atoms with van der Waals surface area (Å²) in [6.45, 7) is -1.58. The highest BCUT2D eigenvalue weighted by atomic mass is 19.3. The van der Waals surface area contributed by atoms with Crippen molar-refractivity contribution < 1.29 is 27.8 Å². The van der Waals surface area contributed by atoms with Crippen molar-refractivity contribution in [3.63, 3.8) is 0 Å². The van der Waals surface area contributed by atoms with E-state index in [9.17, 15) is 13.6 Å². The zero-order valence-corrected chi connectivity index (χ0v) is 22.0. The maximum absolute atomic E-state index is 13.3. The maximum atomic E-state index is 13.3. The number of aromatic nitrogens is 5. The molecule has 1 aliphatic heterocycles. The van der Waals surface area contributed by atoms with Crippen molar-refractivity contribution in [1.29, 1.82) is 0 Å². The lowest BCUT2D eigenvalue weighted by molar-refractivity contribution is -0.121. The molecule has 1 aliphatic rings. The number of benzene rings is 2. The summed E-state index contributed by atoms with van der Waals surface area (Å²) in [4.78, 5) is 19.4. The number of carbonyl (C=O) groups excluding carboxylic acids is 1. The first-order valence-corrected chi connectivity index (χ1v) is 12.6. The monoisotopic (exact) mass is 561 g/mol. The summed E-state index contributed by atoms with van der Waals surface area (Å²) in [6.07, 6.45) is 5.97. The molecule has 4 heterocycles. The summed E-state index contributed by atoms with van der Waals surface area (Å²) < 4.78 is 44.8. The van der Waals surface area contributed by atoms with Gasteiger partial charge in [-0.3, -0.25) is 14.8 Å². The van der Waals surface area contributed by atoms with E-state index in [1.807, 2.05) is 25.2 Å². The molecule has 2 aromatic carbocycles. The number of aromatic amines is 1. The number of hydrogen-bond donors (Lipinski definition) is 2. The number of hydrogen-bond acceptors (Lipinski definition) is 8. The summed E-state index contributed by atoms with van der Waals surface area (Å²) in [7, 11) is 3.70. The van der Waals surface area contributed by atoms with Gasteiger partial charge in [-0.1, -0.05) is 12.1 Å². The number of nitrogens with one attached hydrogen (secondary N) is 2. The molecule has 0 saturated carbocycles. The first-order valence-electron chi connectivity index (χ1n) is 12.6. The number of fused-ring (bicyclic) bond motifs is 1. The van der Waals surface area contributed by atoms with Gasteiger partial charge in [-0.05, 0) is 49.0 Å². The molecule has 6 rings (SSSR count). The number of methoxy groups -OCH3 is 1. The molecule has 5 aromatic rings. The lowest BCUT2D eigenvalue weighted by Gasteiger charge is -2.47. The van der Waals surface area contributed by atoms with Crippen LogP contribution in [-0.2, 0) is 10.3 Å². The van der Waals surface area contributed by atoms with Gasteiger partial charge in [0.2, 0.25) is 0 Å². The summed E-state index contributed by atoms with van der Waals surface area (Å²) in [5.74, 6) is 0.264. The summed E-state index contributed by atoms with van der Waals surface area (Å²) in [5, 5.41) is 13.7. The fraction of sp³-hybridized carbons (Fsp3) is 0.214. The number of amides is 1. The van der Waals surface area contributed by atoms with E-state index < -0.39 is 18.1 Å². The Morgan fingerprint density at radius 2 is 1.95 bits per heavy atom. The van der Waals surface area contributed by atoms with Gasteiger partial charge in [0, 0.05) is 38.2 Å². The van der Waals surface area contributed by atoms with E-state index in [1.54, 1.807) is 31.6 Å². The third kappa shape index (κ3) is 5.08. The van der Waals surface area contributed by atoms with Gasteiger partial charge in [-0.25, -0.2) is 9.50 Å². The number of likely N-dealkylation sites (tertiary alicyclic amines) is 1. The molecular formula is C28H25F2N7O4. The Balaban J connectivity index is 1.30. The summed E-state index contributed by atoms with van der Waals surface area (Å²) in [5.41, 5.74) is 1.82. The van der Waals surface area contributed by atoms with E-state index in [0.717, 1.165) is 18.7 Å². The van der Waals surface area contributed by atoms with E-state index >= 15 is 0 Å². The van der Waals surface area contributed by atoms with Crippen molar-refractivity contribution in [3.05, 3.63) is 84.4 Å². The van der Waals surface area contributed by atoms with Gasteiger partial charge in [-0.15, -0.1) is 0 Å². The van der Waals surface area contributed by atoms with Crippen LogP contribution < -0.4 is 14.8 Å². The minimum absolute atomic E-state index is 0.130. The lowest BCUT2D eigenvalue weighted by Crippen LogP contribution is -2.58. The number of nitrogens with zero attached hydrogens (tertiary/aromatic N) is 5. The van der Waals surface area contributed by atoms with Gasteiger partial charge < -0.3 is 19.5 Å². The molecule has 0 radical (unpaired) electrons. The molecule has 2 N–H and O–H groups in total. The Labute approximate surface area is 232 Å². The van der Waals surface area contributed by atoms with Gasteiger partial charge in [0.1, 0.15) is 28.4 Å². The summed E-state index contributed by atoms with van der Waals surface area (Å²) >= 11 is 0. The highest BCUT2D eigenvalue weighted by Gasteiger charge is 2.43. The highest BCUT2D eigenvalue weighted by molar-refractivity contribution is 6.09. The van der Waals surface area contributed by atoms with Crippen molar-refractivity contribution in [3.8, 4) is 28.5 Å². The quantitative estimate of drug-likeness (QED) is 0.269. The minimum atomic E-state index is -3.08. The zero-order chi connectivity index (χ0) is 28.6. The fourth-order valence-electron chi connectivity index (χ4n) is 4.96. The molecule has 0 atom stereocenters. The van der Waals surface area contributed by atoms with E-state index in [4.69, 9.17) is 14.2 Å². The van der Waals surface area contributed by atoms with Crippen LogP contribution in [0.2, 0.25) is 0 Å². The van der Waals surface area contributed by atoms with Crippen LogP contribution in [0.1, 0.15) is 15.9 Å². The van der Waals surface area contributed by atoms with Crippen LogP contribution in [0.5, 0.6) is 17.2 Å². The van der Waals surface area contributed by atoms with Gasteiger partial charge in [0.25, 0.3) is 5.91 Å². The molecule has 11 nitrogen and oxygen atoms in total. The largest absolute Gasteiger partial charge is 0.457 e. The van der Waals surface area contributed by atoms with Gasteiger partial charge >= 0.3 is 6.61 Å². The Morgan fingerprint density at radius 3 is 2.73 bits per heavy atom. The topological polar surface area (TPSA) is 119 Å². The third-order valence-corrected chi connectivity index (χ3v) is 6.89. The zero-order valence-electron chi connectivity index (χ0n) is 22.0. The van der Waals surface area contributed by atoms with Crippen LogP contribution in [0.4, 0.5) is 14.5 Å². The van der Waals surface area contributed by atoms with E-state index in [2.05, 4.69) is 30.5 Å². The van der Waals surface area contributed by atoms with E-state index in [1.165, 1.54) is 35.1 Å². The smallest absolute Gasteiger partial charge is 0.387 e. The molecular weight excluding hydrogens is 536 g/mol. The van der Waals surface area contributed by atoms with Crippen LogP contribution in [0.15, 0.2) is 73.3 Å². The minimum Gasteiger partial charge on any atom is -0.457 e. The van der Waals surface area contributed by atoms with Crippen LogP contribution >= 0.6 is 0 Å². The average Bonchev–Trinajstić information content (AvgIpc) is 3.59. The average molecular weight is 562 g/mol. The molecule has 3 aromatic heterocycles. The van der Waals surface area contributed by atoms with E-state index in [-0.39, 0.29) is 28.3 Å². The molecule has 0 bridgehead atoms. The van der Waals surface area contributed by atoms with Crippen molar-refractivity contribution in [2.75, 3.05) is 32.6 Å². The normalized spacial score (nSPS) is 14.7. The number of halogens is 2. The van der Waals surface area contributed by atoms with Gasteiger partial charge in [0.05, 0.1) is 23.8 Å². The molecule has 0 aliphatic carbocycles. The molecule has 1 saturated heterocycles. The van der Waals surface area contributed by atoms with E-state index in [0.29, 0.717) is 17.1 Å². The molecule has 1 amide bonds. The first kappa shape index (κ1) is 26.3. The van der Waals surface area contributed by atoms with Crippen molar-refractivity contribution in [1.82, 2.24) is 29.7 Å². The van der Waals surface area contributed by atoms with Gasteiger partial charge in [0.15, 0.2) is 5.65 Å². The number of carbonyl (C=O) groups is 1. The second kappa shape index (κ2) is 10.6. The van der Waals surface area contributed by atoms with Crippen molar-refractivity contribution >= 4 is 17.2 Å². The fourth-order valence-corrected chi connectivity index (χ4v) is 4.96. The van der Waals surface area contributed by atoms with Crippen LogP contribution in [-0.4, -0.2) is 69.5 Å². The molecule has 13 heteroatoms. The Bertz CT molecular complexity index is 1710. The second-order valence-electron chi connectivity index (χ2n) is 9.60. The number of ether oxygens (including phenoxy) is 3. The predicted octanol–water partition coefficient (Wildman–Crippen LogP) is 4.55. The SMILES string of the molecule is COC1(c2cccc(Oc3ccc(OC(F)F)c(-c4[nH]ncc4NC(=O)c4cnn5cccnc45)c3)c2)CN(C)C1. The first-order chi connectivity index (χ1) is 19.8. The number of likely N-dealkylation sites (N-methyl/N-ethyl adjacent to an activating group) is 1. The third-order valence-electron chi connectivity index (χ3n) is 6.89. The summed E-state index contributed by atoms with van der Waals surface area (Å²) in [6, 6.07) is 13.7. The number of H-pyrrole nitrogens is 1. The Kier molecular flexibility index (Phi) is 6.81. The van der Waals surface area contributed by atoms with Crippen LogP contribution in [0.25, 0.3) is 16.9 Å². The van der Waals surface area contributed by atoms with Crippen molar-refractivity contribution in [2.24, 2.45) is 0 Å². The Morgan fingerprint density at radius 1 is 1.12 bits per heavy atom. The molecule has 210 valence electrons. The predicted molar refractivity (Wildman–Crippen MR) is 144 cm³/mol. The highest BCUT2D eigenvalue weighted by Crippen LogP contribution is 2.40. The Hall–Kier alpha value is -4.88. The lowest BCUT2D eigenvalue weighted by atomic mass is 9.86. The molecule has 1 fully saturated rings. The standard InChI is InChI=1S/C28H25F2N7O4/c1-36-15-28(16-36,39-2)17-5-3-6-18(11-17)40-19-7-8-23(41-27(29)30)20(12-19)24-22(14-32-35-24)34-26(38)21-13-33-37-10-4-9-31-25(21)37/h3-14,27H,15-16H2,1-2H3,(H,32,35)(H,34,38). The van der Waals surface area contributed by atoms with Crippen LogP contribution in [0, 0.1) is 0 Å². The second-order valence-corrected chi connectivity index (χ2v) is 9.60. The van der Waals surface area contributed by atoms with Gasteiger partial charge in [-0.2, -0.15) is 19.0 Å². The molecule has 0 spiro atoms. The number of anilines is 1. The van der Waals surface area contributed by atoms with Crippen LogP contribution in [0.3, 0.4) is 0 Å². The van der Waals surface area contributed by atoms with Crippen molar-refractivity contribution in [2.45, 2.75) is 12.2 Å².